The molecule has 1 N–H and O–H groups in total. The lowest BCUT2D eigenvalue weighted by Crippen LogP contribution is -2.41. The molecule has 11 heteroatoms. The van der Waals surface area contributed by atoms with Crippen LogP contribution in [0.15, 0.2) is 47.4 Å². The summed E-state index contributed by atoms with van der Waals surface area (Å²) >= 11 is 0. The summed E-state index contributed by atoms with van der Waals surface area (Å²) in [6.07, 6.45) is 0. The number of nitrogens with zero attached hydrogens (tertiary/aromatic N) is 2. The zero-order valence-electron chi connectivity index (χ0n) is 17.9. The summed E-state index contributed by atoms with van der Waals surface area (Å²) in [5.74, 6) is 0.650. The predicted molar refractivity (Wildman–Crippen MR) is 115 cm³/mol. The smallest absolute Gasteiger partial charge is 0.325 e. The van der Waals surface area contributed by atoms with Crippen LogP contribution in [-0.2, 0) is 31.6 Å². The van der Waals surface area contributed by atoms with Crippen molar-refractivity contribution in [1.29, 1.82) is 0 Å². The molecule has 3 amide bonds. The number of fused-ring (bicyclic) bond motifs is 1. The van der Waals surface area contributed by atoms with Crippen LogP contribution in [0.2, 0.25) is 0 Å². The molecule has 2 aromatic carbocycles. The SMILES string of the molecule is C[C@@]1(c2ccc3c(c2)OCO3)NC(=O)N(Cc2cccc(S(=O)(=O)N3CCOCC3)c2)C1=O. The van der Waals surface area contributed by atoms with Crippen LogP contribution in [0.1, 0.15) is 18.1 Å². The molecular weight excluding hydrogens is 450 g/mol. The monoisotopic (exact) mass is 473 g/mol. The number of ether oxygens (including phenoxy) is 3. The fraction of sp³-hybridized carbons (Fsp3) is 0.364. The summed E-state index contributed by atoms with van der Waals surface area (Å²) in [5, 5.41) is 2.76. The molecule has 2 aromatic rings. The average molecular weight is 474 g/mol. The normalized spacial score (nSPS) is 23.1. The molecule has 1 atom stereocenters. The Hall–Kier alpha value is -3.15. The van der Waals surface area contributed by atoms with Gasteiger partial charge in [-0.1, -0.05) is 18.2 Å². The van der Waals surface area contributed by atoms with E-state index >= 15 is 0 Å². The Kier molecular flexibility index (Phi) is 5.26. The number of hydrogen-bond donors (Lipinski definition) is 1. The molecule has 3 aliphatic heterocycles. The highest BCUT2D eigenvalue weighted by Crippen LogP contribution is 2.38. The molecule has 0 bridgehead atoms. The minimum absolute atomic E-state index is 0.0583. The summed E-state index contributed by atoms with van der Waals surface area (Å²) in [6.45, 7) is 2.94. The van der Waals surface area contributed by atoms with Crippen LogP contribution in [0.3, 0.4) is 0 Å². The number of urea groups is 1. The summed E-state index contributed by atoms with van der Waals surface area (Å²) in [4.78, 5) is 27.2. The minimum atomic E-state index is -3.69. The van der Waals surface area contributed by atoms with Crippen molar-refractivity contribution < 1.29 is 32.2 Å². The lowest BCUT2D eigenvalue weighted by Gasteiger charge is -2.26. The molecular formula is C22H23N3O7S. The van der Waals surface area contributed by atoms with Crippen molar-refractivity contribution >= 4 is 22.0 Å². The molecule has 3 aliphatic rings. The van der Waals surface area contributed by atoms with Gasteiger partial charge in [-0.2, -0.15) is 4.31 Å². The summed E-state index contributed by atoms with van der Waals surface area (Å²) in [7, 11) is -3.69. The maximum atomic E-state index is 13.3. The number of amides is 3. The number of rotatable bonds is 5. The van der Waals surface area contributed by atoms with Gasteiger partial charge in [0.2, 0.25) is 16.8 Å². The van der Waals surface area contributed by atoms with Gasteiger partial charge in [-0.3, -0.25) is 9.69 Å². The van der Waals surface area contributed by atoms with E-state index in [2.05, 4.69) is 5.32 Å². The van der Waals surface area contributed by atoms with Crippen molar-refractivity contribution in [3.05, 3.63) is 53.6 Å². The zero-order valence-corrected chi connectivity index (χ0v) is 18.8. The topological polar surface area (TPSA) is 114 Å². The van der Waals surface area contributed by atoms with Gasteiger partial charge in [-0.25, -0.2) is 13.2 Å². The van der Waals surface area contributed by atoms with Gasteiger partial charge in [0, 0.05) is 13.1 Å². The Morgan fingerprint density at radius 1 is 1.03 bits per heavy atom. The second-order valence-electron chi connectivity index (χ2n) is 8.18. The van der Waals surface area contributed by atoms with Crippen LogP contribution < -0.4 is 14.8 Å². The first-order valence-corrected chi connectivity index (χ1v) is 11.9. The highest BCUT2D eigenvalue weighted by atomic mass is 32.2. The Balaban J connectivity index is 1.38. The Morgan fingerprint density at radius 3 is 2.58 bits per heavy atom. The van der Waals surface area contributed by atoms with E-state index in [1.54, 1.807) is 37.3 Å². The van der Waals surface area contributed by atoms with E-state index < -0.39 is 27.5 Å². The van der Waals surface area contributed by atoms with Gasteiger partial charge in [0.15, 0.2) is 11.5 Å². The van der Waals surface area contributed by atoms with E-state index in [1.165, 1.54) is 16.4 Å². The molecule has 0 radical (unpaired) electrons. The first-order chi connectivity index (χ1) is 15.8. The maximum Gasteiger partial charge on any atom is 0.325 e. The van der Waals surface area contributed by atoms with Crippen molar-refractivity contribution in [2.75, 3.05) is 33.1 Å². The van der Waals surface area contributed by atoms with Gasteiger partial charge in [-0.05, 0) is 42.3 Å². The lowest BCUT2D eigenvalue weighted by atomic mass is 9.91. The average Bonchev–Trinajstić information content (AvgIpc) is 3.38. The Labute approximate surface area is 191 Å². The first kappa shape index (κ1) is 21.7. The second-order valence-corrected chi connectivity index (χ2v) is 10.1. The number of nitrogens with one attached hydrogen (secondary N) is 1. The molecule has 0 unspecified atom stereocenters. The number of carbonyl (C=O) groups excluding carboxylic acids is 2. The number of morpholine rings is 1. The fourth-order valence-corrected chi connectivity index (χ4v) is 5.65. The molecule has 3 heterocycles. The number of carbonyl (C=O) groups is 2. The quantitative estimate of drug-likeness (QED) is 0.653. The summed E-state index contributed by atoms with van der Waals surface area (Å²) in [5.41, 5.74) is -0.186. The Morgan fingerprint density at radius 2 is 1.79 bits per heavy atom. The fourth-order valence-electron chi connectivity index (χ4n) is 4.17. The second kappa shape index (κ2) is 8.01. The van der Waals surface area contributed by atoms with Crippen molar-refractivity contribution in [3.63, 3.8) is 0 Å². The number of hydrogen-bond acceptors (Lipinski definition) is 7. The van der Waals surface area contributed by atoms with Crippen LogP contribution in [0.25, 0.3) is 0 Å². The third kappa shape index (κ3) is 3.71. The van der Waals surface area contributed by atoms with E-state index in [-0.39, 0.29) is 31.3 Å². The number of imide groups is 1. The van der Waals surface area contributed by atoms with Crippen LogP contribution in [0.4, 0.5) is 4.79 Å². The molecule has 0 aromatic heterocycles. The minimum Gasteiger partial charge on any atom is -0.454 e. The third-order valence-electron chi connectivity index (χ3n) is 6.07. The molecule has 33 heavy (non-hydrogen) atoms. The number of benzene rings is 2. The van der Waals surface area contributed by atoms with E-state index in [1.807, 2.05) is 0 Å². The van der Waals surface area contributed by atoms with Crippen LogP contribution >= 0.6 is 0 Å². The first-order valence-electron chi connectivity index (χ1n) is 10.5. The Bertz CT molecular complexity index is 1230. The van der Waals surface area contributed by atoms with Gasteiger partial charge in [-0.15, -0.1) is 0 Å². The molecule has 0 aliphatic carbocycles. The van der Waals surface area contributed by atoms with Gasteiger partial charge in [0.1, 0.15) is 5.54 Å². The molecule has 0 saturated carbocycles. The van der Waals surface area contributed by atoms with Gasteiger partial charge in [0.05, 0.1) is 24.7 Å². The van der Waals surface area contributed by atoms with Crippen LogP contribution in [-0.4, -0.2) is 62.7 Å². The van der Waals surface area contributed by atoms with E-state index in [4.69, 9.17) is 14.2 Å². The summed E-state index contributed by atoms with van der Waals surface area (Å²) in [6, 6.07) is 10.8. The van der Waals surface area contributed by atoms with Crippen molar-refractivity contribution in [2.45, 2.75) is 23.9 Å². The standard InChI is InChI=1S/C22H23N3O7S/c1-22(16-5-6-18-19(12-16)32-14-31-18)20(26)25(21(27)23-22)13-15-3-2-4-17(11-15)33(28,29)24-7-9-30-10-8-24/h2-6,11-12H,7-10,13-14H2,1H3,(H,23,27)/t22-/m0/s1. The van der Waals surface area contributed by atoms with E-state index in [0.717, 1.165) is 4.90 Å². The third-order valence-corrected chi connectivity index (χ3v) is 7.97. The number of sulfonamides is 1. The maximum absolute atomic E-state index is 13.3. The summed E-state index contributed by atoms with van der Waals surface area (Å²) < 4.78 is 43.3. The van der Waals surface area contributed by atoms with Gasteiger partial charge < -0.3 is 19.5 Å². The van der Waals surface area contributed by atoms with Gasteiger partial charge in [0.25, 0.3) is 5.91 Å². The van der Waals surface area contributed by atoms with Crippen LogP contribution in [0, 0.1) is 0 Å². The van der Waals surface area contributed by atoms with E-state index in [9.17, 15) is 18.0 Å². The predicted octanol–water partition coefficient (Wildman–Crippen LogP) is 1.40. The molecule has 2 saturated heterocycles. The molecule has 0 spiro atoms. The van der Waals surface area contributed by atoms with E-state index in [0.29, 0.717) is 35.8 Å². The highest BCUT2D eigenvalue weighted by molar-refractivity contribution is 7.89. The van der Waals surface area contributed by atoms with Gasteiger partial charge >= 0.3 is 6.03 Å². The molecule has 10 nitrogen and oxygen atoms in total. The highest BCUT2D eigenvalue weighted by Gasteiger charge is 2.49. The molecule has 2 fully saturated rings. The van der Waals surface area contributed by atoms with Crippen molar-refractivity contribution in [3.8, 4) is 11.5 Å². The largest absolute Gasteiger partial charge is 0.454 e. The van der Waals surface area contributed by atoms with Crippen molar-refractivity contribution in [1.82, 2.24) is 14.5 Å². The molecule has 5 rings (SSSR count). The molecule has 174 valence electrons. The zero-order chi connectivity index (χ0) is 23.2. The lowest BCUT2D eigenvalue weighted by molar-refractivity contribution is -0.131. The van der Waals surface area contributed by atoms with Crippen molar-refractivity contribution in [2.24, 2.45) is 0 Å². The van der Waals surface area contributed by atoms with Crippen LogP contribution in [0.5, 0.6) is 11.5 Å².